The maximum absolute atomic E-state index is 8.85. The van der Waals surface area contributed by atoms with Crippen molar-refractivity contribution < 1.29 is 0 Å². The van der Waals surface area contributed by atoms with Gasteiger partial charge in [0.05, 0.1) is 0 Å². The van der Waals surface area contributed by atoms with Crippen molar-refractivity contribution in [3.05, 3.63) is 35.9 Å². The van der Waals surface area contributed by atoms with Crippen LogP contribution in [0.3, 0.4) is 0 Å². The molecule has 0 bridgehead atoms. The first kappa shape index (κ1) is 11.9. The Morgan fingerprint density at radius 3 is 2.53 bits per heavy atom. The second-order valence-corrected chi connectivity index (χ2v) is 4.70. The molecule has 1 fully saturated rings. The second-order valence-electron chi connectivity index (χ2n) is 4.70. The molecule has 0 spiro atoms. The summed E-state index contributed by atoms with van der Waals surface area (Å²) in [7, 11) is 1.89. The number of benzene rings is 1. The Morgan fingerprint density at radius 2 is 1.94 bits per heavy atom. The minimum atomic E-state index is 0.437. The average molecular weight is 229 g/mol. The molecule has 1 aliphatic rings. The molecule has 0 saturated carbocycles. The summed E-state index contributed by atoms with van der Waals surface area (Å²) >= 11 is 0. The van der Waals surface area contributed by atoms with Gasteiger partial charge in [-0.1, -0.05) is 30.3 Å². The van der Waals surface area contributed by atoms with E-state index < -0.39 is 0 Å². The highest BCUT2D eigenvalue weighted by atomic mass is 15.2. The third kappa shape index (κ3) is 3.21. The van der Waals surface area contributed by atoms with Crippen LogP contribution in [0.25, 0.3) is 0 Å². The molecule has 1 aliphatic heterocycles. The van der Waals surface area contributed by atoms with Crippen molar-refractivity contribution in [2.24, 2.45) is 0 Å². The van der Waals surface area contributed by atoms with Crippen LogP contribution in [0.5, 0.6) is 0 Å². The zero-order chi connectivity index (χ0) is 12.1. The van der Waals surface area contributed by atoms with Crippen molar-refractivity contribution in [3.63, 3.8) is 0 Å². The molecule has 2 rings (SSSR count). The summed E-state index contributed by atoms with van der Waals surface area (Å²) in [6, 6.07) is 11.0. The van der Waals surface area contributed by atoms with E-state index in [1.165, 1.54) is 5.56 Å². The zero-order valence-electron chi connectivity index (χ0n) is 10.3. The van der Waals surface area contributed by atoms with Gasteiger partial charge in [-0.15, -0.1) is 0 Å². The third-order valence-electron chi connectivity index (χ3n) is 3.51. The quantitative estimate of drug-likeness (QED) is 0.587. The maximum Gasteiger partial charge on any atom is 0.179 e. The van der Waals surface area contributed by atoms with Crippen molar-refractivity contribution in [1.29, 1.82) is 5.26 Å². The summed E-state index contributed by atoms with van der Waals surface area (Å²) < 4.78 is 0. The summed E-state index contributed by atoms with van der Waals surface area (Å²) in [4.78, 5) is 4.26. The van der Waals surface area contributed by atoms with Crippen LogP contribution in [0.15, 0.2) is 30.3 Å². The van der Waals surface area contributed by atoms with E-state index in [0.717, 1.165) is 32.5 Å². The lowest BCUT2D eigenvalue weighted by Crippen LogP contribution is -2.41. The van der Waals surface area contributed by atoms with Crippen LogP contribution in [0.2, 0.25) is 0 Å². The Kier molecular flexibility index (Phi) is 4.00. The van der Waals surface area contributed by atoms with E-state index in [1.54, 1.807) is 4.90 Å². The number of rotatable bonds is 3. The minimum Gasteiger partial charge on any atom is -0.311 e. The standard InChI is InChI=1S/C14H19N3/c1-16(12-15)14-7-9-17(10-8-14)11-13-5-3-2-4-6-13/h2-6,14H,7-11H2,1H3. The third-order valence-corrected chi connectivity index (χ3v) is 3.51. The van der Waals surface area contributed by atoms with E-state index in [-0.39, 0.29) is 0 Å². The normalized spacial score (nSPS) is 17.6. The molecule has 1 saturated heterocycles. The Bertz CT molecular complexity index is 374. The molecule has 1 heterocycles. The molecule has 1 aromatic rings. The molecule has 3 heteroatoms. The first-order chi connectivity index (χ1) is 8.29. The summed E-state index contributed by atoms with van der Waals surface area (Å²) in [6.07, 6.45) is 4.40. The Balaban J connectivity index is 1.82. The minimum absolute atomic E-state index is 0.437. The van der Waals surface area contributed by atoms with E-state index >= 15 is 0 Å². The van der Waals surface area contributed by atoms with Crippen molar-refractivity contribution in [2.45, 2.75) is 25.4 Å². The lowest BCUT2D eigenvalue weighted by molar-refractivity contribution is 0.154. The van der Waals surface area contributed by atoms with E-state index in [4.69, 9.17) is 5.26 Å². The fourth-order valence-electron chi connectivity index (χ4n) is 2.39. The van der Waals surface area contributed by atoms with Crippen molar-refractivity contribution in [2.75, 3.05) is 20.1 Å². The van der Waals surface area contributed by atoms with Crippen molar-refractivity contribution >= 4 is 0 Å². The summed E-state index contributed by atoms with van der Waals surface area (Å²) in [5.74, 6) is 0. The highest BCUT2D eigenvalue weighted by Crippen LogP contribution is 2.16. The average Bonchev–Trinajstić information content (AvgIpc) is 2.40. The van der Waals surface area contributed by atoms with Crippen LogP contribution in [0, 0.1) is 11.5 Å². The van der Waals surface area contributed by atoms with E-state index in [1.807, 2.05) is 7.05 Å². The van der Waals surface area contributed by atoms with Gasteiger partial charge in [0.15, 0.2) is 6.19 Å². The molecule has 0 aliphatic carbocycles. The lowest BCUT2D eigenvalue weighted by atomic mass is 10.0. The molecule has 0 N–H and O–H groups in total. The Labute approximate surface area is 103 Å². The number of nitriles is 1. The van der Waals surface area contributed by atoms with Gasteiger partial charge in [0.25, 0.3) is 0 Å². The molecule has 0 atom stereocenters. The molecule has 1 aromatic carbocycles. The second kappa shape index (κ2) is 5.70. The predicted octanol–water partition coefficient (Wildman–Crippen LogP) is 2.06. The lowest BCUT2D eigenvalue weighted by Gasteiger charge is -2.34. The molecule has 17 heavy (non-hydrogen) atoms. The molecule has 3 nitrogen and oxygen atoms in total. The number of piperidine rings is 1. The zero-order valence-corrected chi connectivity index (χ0v) is 10.3. The number of likely N-dealkylation sites (tertiary alicyclic amines) is 1. The molecular formula is C14H19N3. The van der Waals surface area contributed by atoms with Gasteiger partial charge in [0.1, 0.15) is 0 Å². The molecule has 0 unspecified atom stereocenters. The van der Waals surface area contributed by atoms with Crippen LogP contribution in [-0.2, 0) is 6.54 Å². The number of hydrogen-bond donors (Lipinski definition) is 0. The van der Waals surface area contributed by atoms with Gasteiger partial charge in [-0.3, -0.25) is 4.90 Å². The van der Waals surface area contributed by atoms with Crippen molar-refractivity contribution in [1.82, 2.24) is 9.80 Å². The van der Waals surface area contributed by atoms with Gasteiger partial charge >= 0.3 is 0 Å². The summed E-state index contributed by atoms with van der Waals surface area (Å²) in [5.41, 5.74) is 1.37. The van der Waals surface area contributed by atoms with Gasteiger partial charge in [-0.25, -0.2) is 0 Å². The highest BCUT2D eigenvalue weighted by Gasteiger charge is 2.21. The first-order valence-electron chi connectivity index (χ1n) is 6.18. The predicted molar refractivity (Wildman–Crippen MR) is 68.1 cm³/mol. The van der Waals surface area contributed by atoms with Crippen molar-refractivity contribution in [3.8, 4) is 6.19 Å². The first-order valence-corrected chi connectivity index (χ1v) is 6.18. The number of nitrogens with zero attached hydrogens (tertiary/aromatic N) is 3. The van der Waals surface area contributed by atoms with Crippen LogP contribution >= 0.6 is 0 Å². The molecular weight excluding hydrogens is 210 g/mol. The van der Waals surface area contributed by atoms with E-state index in [9.17, 15) is 0 Å². The van der Waals surface area contributed by atoms with Crippen LogP contribution in [0.4, 0.5) is 0 Å². The Hall–Kier alpha value is -1.53. The van der Waals surface area contributed by atoms with Crippen LogP contribution < -0.4 is 0 Å². The maximum atomic E-state index is 8.85. The molecule has 90 valence electrons. The van der Waals surface area contributed by atoms with Crippen LogP contribution in [0.1, 0.15) is 18.4 Å². The number of hydrogen-bond acceptors (Lipinski definition) is 3. The van der Waals surface area contributed by atoms with Gasteiger partial charge in [-0.2, -0.15) is 5.26 Å². The molecule has 0 radical (unpaired) electrons. The van der Waals surface area contributed by atoms with Crippen LogP contribution in [-0.4, -0.2) is 36.0 Å². The topological polar surface area (TPSA) is 30.3 Å². The smallest absolute Gasteiger partial charge is 0.179 e. The van der Waals surface area contributed by atoms with Gasteiger partial charge in [0, 0.05) is 32.7 Å². The van der Waals surface area contributed by atoms with Gasteiger partial charge in [0.2, 0.25) is 0 Å². The Morgan fingerprint density at radius 1 is 1.29 bits per heavy atom. The monoisotopic (exact) mass is 229 g/mol. The van der Waals surface area contributed by atoms with Gasteiger partial charge < -0.3 is 4.90 Å². The van der Waals surface area contributed by atoms with Gasteiger partial charge in [-0.05, 0) is 18.4 Å². The summed E-state index contributed by atoms with van der Waals surface area (Å²) in [6.45, 7) is 3.21. The van der Waals surface area contributed by atoms with E-state index in [2.05, 4.69) is 41.4 Å². The van der Waals surface area contributed by atoms with E-state index in [0.29, 0.717) is 6.04 Å². The summed E-state index contributed by atoms with van der Waals surface area (Å²) in [5, 5.41) is 8.85. The molecule has 0 aromatic heterocycles. The highest BCUT2D eigenvalue weighted by molar-refractivity contribution is 5.14. The molecule has 0 amide bonds. The fourth-order valence-corrected chi connectivity index (χ4v) is 2.39. The SMILES string of the molecule is CN(C#N)C1CCN(Cc2ccccc2)CC1. The largest absolute Gasteiger partial charge is 0.311 e. The fraction of sp³-hybridized carbons (Fsp3) is 0.500.